The smallest absolute Gasteiger partial charge is 0.288 e. The molecule has 1 aromatic heterocycles. The molecule has 0 N–H and O–H groups in total. The average Bonchev–Trinajstić information content (AvgIpc) is 2.63. The normalized spacial score (nSPS) is 15.7. The molecule has 27 heavy (non-hydrogen) atoms. The van der Waals surface area contributed by atoms with E-state index in [9.17, 15) is 13.2 Å². The van der Waals surface area contributed by atoms with Crippen molar-refractivity contribution in [3.8, 4) is 0 Å². The van der Waals surface area contributed by atoms with Crippen LogP contribution in [0.15, 0.2) is 47.5 Å². The van der Waals surface area contributed by atoms with Gasteiger partial charge in [0.25, 0.3) is 5.91 Å². The van der Waals surface area contributed by atoms with Gasteiger partial charge in [-0.3, -0.25) is 4.79 Å². The SMILES string of the molecule is Cc1ccc(S(=O)(=O)N2CCN(C(=O)C[n+]3ccccc3C)CC2)c(C)c1. The molecule has 2 aromatic rings. The zero-order valence-corrected chi connectivity index (χ0v) is 16.9. The van der Waals surface area contributed by atoms with Crippen molar-refractivity contribution in [3.63, 3.8) is 0 Å². The van der Waals surface area contributed by atoms with Crippen LogP contribution in [-0.2, 0) is 21.4 Å². The Bertz CT molecular complexity index is 949. The number of aromatic nitrogens is 1. The summed E-state index contributed by atoms with van der Waals surface area (Å²) in [7, 11) is -3.53. The number of rotatable bonds is 4. The Morgan fingerprint density at radius 2 is 1.74 bits per heavy atom. The summed E-state index contributed by atoms with van der Waals surface area (Å²) in [4.78, 5) is 14.7. The molecule has 0 spiro atoms. The Balaban J connectivity index is 1.66. The maximum Gasteiger partial charge on any atom is 0.288 e. The van der Waals surface area contributed by atoms with Crippen LogP contribution in [0.5, 0.6) is 0 Å². The van der Waals surface area contributed by atoms with E-state index in [2.05, 4.69) is 0 Å². The molecule has 1 aliphatic heterocycles. The third-order valence-electron chi connectivity index (χ3n) is 5.01. The number of hydrogen-bond donors (Lipinski definition) is 0. The molecule has 1 aromatic carbocycles. The lowest BCUT2D eigenvalue weighted by Crippen LogP contribution is -2.54. The summed E-state index contributed by atoms with van der Waals surface area (Å²) in [6.45, 7) is 7.46. The van der Waals surface area contributed by atoms with E-state index < -0.39 is 10.0 Å². The van der Waals surface area contributed by atoms with E-state index in [4.69, 9.17) is 0 Å². The highest BCUT2D eigenvalue weighted by Gasteiger charge is 2.31. The average molecular weight is 389 g/mol. The predicted molar refractivity (Wildman–Crippen MR) is 103 cm³/mol. The van der Waals surface area contributed by atoms with Gasteiger partial charge in [0, 0.05) is 45.2 Å². The highest BCUT2D eigenvalue weighted by Crippen LogP contribution is 2.22. The molecule has 0 bridgehead atoms. The van der Waals surface area contributed by atoms with Gasteiger partial charge in [-0.25, -0.2) is 8.42 Å². The fourth-order valence-electron chi connectivity index (χ4n) is 3.39. The predicted octanol–water partition coefficient (Wildman–Crippen LogP) is 1.43. The number of piperazine rings is 1. The first kappa shape index (κ1) is 19.5. The number of pyridine rings is 1. The van der Waals surface area contributed by atoms with Gasteiger partial charge in [0.05, 0.1) is 4.90 Å². The van der Waals surface area contributed by atoms with Gasteiger partial charge in [-0.15, -0.1) is 0 Å². The highest BCUT2D eigenvalue weighted by molar-refractivity contribution is 7.89. The van der Waals surface area contributed by atoms with Gasteiger partial charge in [-0.1, -0.05) is 23.8 Å². The van der Waals surface area contributed by atoms with E-state index in [-0.39, 0.29) is 12.5 Å². The van der Waals surface area contributed by atoms with Crippen molar-refractivity contribution in [2.24, 2.45) is 0 Å². The standard InChI is InChI=1S/C20H26N3O3S/c1-16-7-8-19(17(2)14-16)27(25,26)23-12-10-21(11-13-23)20(24)15-22-9-5-4-6-18(22)3/h4-9,14H,10-13,15H2,1-3H3/q+1. The summed E-state index contributed by atoms with van der Waals surface area (Å²) in [5, 5.41) is 0. The fourth-order valence-corrected chi connectivity index (χ4v) is 5.02. The van der Waals surface area contributed by atoms with Crippen LogP contribution in [0.4, 0.5) is 0 Å². The Kier molecular flexibility index (Phi) is 5.62. The summed E-state index contributed by atoms with van der Waals surface area (Å²) in [5.41, 5.74) is 2.81. The fraction of sp³-hybridized carbons (Fsp3) is 0.400. The number of amides is 1. The summed E-state index contributed by atoms with van der Waals surface area (Å²) >= 11 is 0. The van der Waals surface area contributed by atoms with Crippen LogP contribution < -0.4 is 4.57 Å². The van der Waals surface area contributed by atoms with E-state index in [1.165, 1.54) is 4.31 Å². The van der Waals surface area contributed by atoms with Gasteiger partial charge in [0.2, 0.25) is 16.6 Å². The Morgan fingerprint density at radius 1 is 1.04 bits per heavy atom. The van der Waals surface area contributed by atoms with Crippen molar-refractivity contribution in [1.82, 2.24) is 9.21 Å². The summed E-state index contributed by atoms with van der Waals surface area (Å²) in [6.07, 6.45) is 1.88. The summed E-state index contributed by atoms with van der Waals surface area (Å²) in [5.74, 6) is 0.0119. The van der Waals surface area contributed by atoms with Gasteiger partial charge in [-0.2, -0.15) is 8.87 Å². The number of carbonyl (C=O) groups is 1. The number of benzene rings is 1. The van der Waals surface area contributed by atoms with E-state index in [0.29, 0.717) is 31.1 Å². The molecule has 0 aliphatic carbocycles. The molecule has 0 atom stereocenters. The van der Waals surface area contributed by atoms with Crippen LogP contribution in [0.3, 0.4) is 0 Å². The number of nitrogens with zero attached hydrogens (tertiary/aromatic N) is 3. The molecule has 0 radical (unpaired) electrons. The molecule has 6 nitrogen and oxygen atoms in total. The highest BCUT2D eigenvalue weighted by atomic mass is 32.2. The van der Waals surface area contributed by atoms with Crippen LogP contribution in [-0.4, -0.2) is 49.7 Å². The van der Waals surface area contributed by atoms with Crippen LogP contribution in [0.25, 0.3) is 0 Å². The number of carbonyl (C=O) groups excluding carboxylic acids is 1. The number of sulfonamides is 1. The molecule has 0 unspecified atom stereocenters. The quantitative estimate of drug-likeness (QED) is 0.745. The topological polar surface area (TPSA) is 61.6 Å². The van der Waals surface area contributed by atoms with E-state index in [0.717, 1.165) is 16.8 Å². The minimum Gasteiger partial charge on any atom is -0.335 e. The second-order valence-electron chi connectivity index (χ2n) is 7.02. The third-order valence-corrected chi connectivity index (χ3v) is 7.07. The molecule has 7 heteroatoms. The largest absolute Gasteiger partial charge is 0.335 e. The molecule has 0 saturated carbocycles. The summed E-state index contributed by atoms with van der Waals surface area (Å²) < 4.78 is 29.3. The second kappa shape index (κ2) is 7.78. The molecular weight excluding hydrogens is 362 g/mol. The first-order valence-electron chi connectivity index (χ1n) is 9.09. The molecule has 2 heterocycles. The molecule has 1 aliphatic rings. The van der Waals surface area contributed by atoms with Crippen LogP contribution in [0.2, 0.25) is 0 Å². The monoisotopic (exact) mass is 388 g/mol. The van der Waals surface area contributed by atoms with Crippen molar-refractivity contribution in [2.75, 3.05) is 26.2 Å². The minimum atomic E-state index is -3.53. The van der Waals surface area contributed by atoms with Crippen molar-refractivity contribution in [2.45, 2.75) is 32.2 Å². The maximum absolute atomic E-state index is 12.9. The van der Waals surface area contributed by atoms with Gasteiger partial charge in [0.15, 0.2) is 11.9 Å². The van der Waals surface area contributed by atoms with E-state index >= 15 is 0 Å². The van der Waals surface area contributed by atoms with Gasteiger partial charge in [0.1, 0.15) is 0 Å². The number of aryl methyl sites for hydroxylation is 3. The Morgan fingerprint density at radius 3 is 2.37 bits per heavy atom. The van der Waals surface area contributed by atoms with Gasteiger partial charge >= 0.3 is 0 Å². The van der Waals surface area contributed by atoms with E-state index in [1.54, 1.807) is 11.0 Å². The van der Waals surface area contributed by atoms with Crippen molar-refractivity contribution < 1.29 is 17.8 Å². The van der Waals surface area contributed by atoms with Crippen LogP contribution in [0, 0.1) is 20.8 Å². The van der Waals surface area contributed by atoms with Crippen LogP contribution >= 0.6 is 0 Å². The minimum absolute atomic E-state index is 0.0119. The number of hydrogen-bond acceptors (Lipinski definition) is 3. The molecule has 144 valence electrons. The molecule has 1 fully saturated rings. The lowest BCUT2D eigenvalue weighted by Gasteiger charge is -2.33. The van der Waals surface area contributed by atoms with Crippen molar-refractivity contribution >= 4 is 15.9 Å². The lowest BCUT2D eigenvalue weighted by molar-refractivity contribution is -0.691. The second-order valence-corrected chi connectivity index (χ2v) is 8.93. The lowest BCUT2D eigenvalue weighted by atomic mass is 10.2. The maximum atomic E-state index is 12.9. The molecule has 1 saturated heterocycles. The zero-order valence-electron chi connectivity index (χ0n) is 16.1. The third kappa shape index (κ3) is 4.20. The van der Waals surface area contributed by atoms with Gasteiger partial charge in [-0.05, 0) is 25.5 Å². The Labute approximate surface area is 161 Å². The Hall–Kier alpha value is -2.25. The van der Waals surface area contributed by atoms with Crippen molar-refractivity contribution in [3.05, 3.63) is 59.4 Å². The zero-order chi connectivity index (χ0) is 19.6. The summed E-state index contributed by atoms with van der Waals surface area (Å²) in [6, 6.07) is 11.2. The first-order chi connectivity index (χ1) is 12.8. The molecular formula is C20H26N3O3S+. The first-order valence-corrected chi connectivity index (χ1v) is 10.5. The van der Waals surface area contributed by atoms with Crippen molar-refractivity contribution in [1.29, 1.82) is 0 Å². The van der Waals surface area contributed by atoms with E-state index in [1.807, 2.05) is 61.9 Å². The molecule has 1 amide bonds. The molecule has 3 rings (SSSR count). The van der Waals surface area contributed by atoms with Gasteiger partial charge < -0.3 is 4.90 Å². The van der Waals surface area contributed by atoms with Crippen LogP contribution in [0.1, 0.15) is 16.8 Å².